The van der Waals surface area contributed by atoms with Crippen molar-refractivity contribution in [3.8, 4) is 11.5 Å². The summed E-state index contributed by atoms with van der Waals surface area (Å²) in [6.45, 7) is 0. The summed E-state index contributed by atoms with van der Waals surface area (Å²) in [5.74, 6) is 1.17. The highest BCUT2D eigenvalue weighted by Crippen LogP contribution is 2.45. The summed E-state index contributed by atoms with van der Waals surface area (Å²) in [5, 5.41) is 12.8. The maximum absolute atomic E-state index is 11.4. The first-order valence-corrected chi connectivity index (χ1v) is 7.69. The third-order valence-electron chi connectivity index (χ3n) is 4.31. The number of nitro groups is 1. The molecule has 2 aromatic carbocycles. The van der Waals surface area contributed by atoms with Gasteiger partial charge in [0.1, 0.15) is 0 Å². The Morgan fingerprint density at radius 1 is 1.13 bits per heavy atom. The zero-order valence-corrected chi connectivity index (χ0v) is 13.3. The summed E-state index contributed by atoms with van der Waals surface area (Å²) < 4.78 is 11.0. The molecule has 5 nitrogen and oxygen atoms in total. The largest absolute Gasteiger partial charge is 0.493 e. The van der Waals surface area contributed by atoms with Crippen LogP contribution in [0.15, 0.2) is 30.3 Å². The lowest BCUT2D eigenvalue weighted by molar-refractivity contribution is -0.383. The fourth-order valence-corrected chi connectivity index (χ4v) is 3.26. The minimum absolute atomic E-state index is 0.0844. The fourth-order valence-electron chi connectivity index (χ4n) is 3.26. The molecule has 0 heterocycles. The molecule has 0 aliphatic heterocycles. The lowest BCUT2D eigenvalue weighted by Gasteiger charge is -2.20. The summed E-state index contributed by atoms with van der Waals surface area (Å²) in [6.07, 6.45) is 6.46. The van der Waals surface area contributed by atoms with Gasteiger partial charge >= 0.3 is 0 Å². The predicted molar refractivity (Wildman–Crippen MR) is 90.2 cm³/mol. The van der Waals surface area contributed by atoms with E-state index in [9.17, 15) is 10.1 Å². The Morgan fingerprint density at radius 2 is 1.96 bits per heavy atom. The zero-order valence-electron chi connectivity index (χ0n) is 13.3. The number of hydrogen-bond donors (Lipinski definition) is 0. The van der Waals surface area contributed by atoms with E-state index < -0.39 is 0 Å². The number of nitro benzene ring substituents is 1. The Balaban J connectivity index is 2.40. The summed E-state index contributed by atoms with van der Waals surface area (Å²) >= 11 is 0. The average Bonchev–Trinajstić information content (AvgIpc) is 2.59. The molecular formula is C18H19NO4. The van der Waals surface area contributed by atoms with E-state index in [1.165, 1.54) is 18.1 Å². The molecule has 1 aliphatic rings. The first kappa shape index (κ1) is 15.3. The van der Waals surface area contributed by atoms with E-state index in [1.54, 1.807) is 26.4 Å². The highest BCUT2D eigenvalue weighted by molar-refractivity contribution is 6.02. The quantitative estimate of drug-likeness (QED) is 0.605. The molecule has 0 saturated carbocycles. The zero-order chi connectivity index (χ0) is 16.4. The van der Waals surface area contributed by atoms with Crippen molar-refractivity contribution in [1.82, 2.24) is 0 Å². The van der Waals surface area contributed by atoms with Crippen LogP contribution in [0.2, 0.25) is 0 Å². The summed E-state index contributed by atoms with van der Waals surface area (Å²) in [4.78, 5) is 11.0. The Kier molecular flexibility index (Phi) is 4.19. The lowest BCUT2D eigenvalue weighted by atomic mass is 9.89. The molecule has 2 aromatic rings. The van der Waals surface area contributed by atoms with Crippen LogP contribution in [-0.2, 0) is 0 Å². The summed E-state index contributed by atoms with van der Waals surface area (Å²) in [6, 6.07) is 6.85. The number of allylic oxidation sites excluding steroid dienone is 2. The van der Waals surface area contributed by atoms with Gasteiger partial charge in [-0.3, -0.25) is 10.1 Å². The molecule has 120 valence electrons. The van der Waals surface area contributed by atoms with Crippen LogP contribution < -0.4 is 9.47 Å². The molecule has 3 rings (SSSR count). The number of rotatable bonds is 4. The maximum Gasteiger partial charge on any atom is 0.277 e. The van der Waals surface area contributed by atoms with Gasteiger partial charge in [-0.05, 0) is 37.3 Å². The number of nitrogens with zero attached hydrogens (tertiary/aromatic N) is 1. The third-order valence-corrected chi connectivity index (χ3v) is 4.31. The minimum Gasteiger partial charge on any atom is -0.493 e. The van der Waals surface area contributed by atoms with Gasteiger partial charge in [-0.1, -0.05) is 18.2 Å². The van der Waals surface area contributed by atoms with Gasteiger partial charge in [-0.2, -0.15) is 0 Å². The molecular weight excluding hydrogens is 294 g/mol. The summed E-state index contributed by atoms with van der Waals surface area (Å²) in [5.41, 5.74) is 2.18. The molecule has 0 atom stereocenters. The van der Waals surface area contributed by atoms with Crippen LogP contribution in [0.1, 0.15) is 31.2 Å². The molecule has 0 aromatic heterocycles. The second-order valence-electron chi connectivity index (χ2n) is 5.59. The van der Waals surface area contributed by atoms with Crippen molar-refractivity contribution in [3.05, 3.63) is 46.0 Å². The van der Waals surface area contributed by atoms with Crippen LogP contribution in [0, 0.1) is 10.1 Å². The molecule has 0 unspecified atom stereocenters. The standard InChI is InChI=1S/C18H19NO4/c1-22-16-11-14-13(9-6-10-15(14)19(20)21)17(18(16)23-2)12-7-4-3-5-8-12/h6-7,9-11H,3-5,8H2,1-2H3. The Labute approximate surface area is 134 Å². The molecule has 0 radical (unpaired) electrons. The van der Waals surface area contributed by atoms with E-state index in [4.69, 9.17) is 9.47 Å². The van der Waals surface area contributed by atoms with Crippen molar-refractivity contribution in [2.75, 3.05) is 14.2 Å². The van der Waals surface area contributed by atoms with Crippen molar-refractivity contribution >= 4 is 22.0 Å². The number of benzene rings is 2. The smallest absolute Gasteiger partial charge is 0.277 e. The average molecular weight is 313 g/mol. The van der Waals surface area contributed by atoms with Gasteiger partial charge in [0.15, 0.2) is 11.5 Å². The molecule has 0 fully saturated rings. The molecule has 0 spiro atoms. The monoisotopic (exact) mass is 313 g/mol. The minimum atomic E-state index is -0.354. The van der Waals surface area contributed by atoms with E-state index in [-0.39, 0.29) is 10.6 Å². The van der Waals surface area contributed by atoms with Crippen molar-refractivity contribution in [2.45, 2.75) is 25.7 Å². The van der Waals surface area contributed by atoms with E-state index in [0.717, 1.165) is 30.2 Å². The Bertz CT molecular complexity index is 795. The third kappa shape index (κ3) is 2.63. The number of ether oxygens (including phenoxy) is 2. The number of methoxy groups -OCH3 is 2. The summed E-state index contributed by atoms with van der Waals surface area (Å²) in [7, 11) is 3.16. The van der Waals surface area contributed by atoms with Gasteiger partial charge in [-0.25, -0.2) is 0 Å². The fraction of sp³-hybridized carbons (Fsp3) is 0.333. The predicted octanol–water partition coefficient (Wildman–Crippen LogP) is 4.72. The van der Waals surface area contributed by atoms with Gasteiger partial charge in [0.05, 0.1) is 24.5 Å². The topological polar surface area (TPSA) is 61.6 Å². The van der Waals surface area contributed by atoms with E-state index in [1.807, 2.05) is 6.07 Å². The highest BCUT2D eigenvalue weighted by Gasteiger charge is 2.23. The van der Waals surface area contributed by atoms with Crippen LogP contribution in [-0.4, -0.2) is 19.1 Å². The second-order valence-corrected chi connectivity index (χ2v) is 5.59. The molecule has 23 heavy (non-hydrogen) atoms. The Hall–Kier alpha value is -2.56. The lowest BCUT2D eigenvalue weighted by Crippen LogP contribution is -2.01. The van der Waals surface area contributed by atoms with Crippen LogP contribution in [0.4, 0.5) is 5.69 Å². The molecule has 0 bridgehead atoms. The van der Waals surface area contributed by atoms with Gasteiger partial charge < -0.3 is 9.47 Å². The van der Waals surface area contributed by atoms with Crippen molar-refractivity contribution < 1.29 is 14.4 Å². The maximum atomic E-state index is 11.4. The molecule has 0 amide bonds. The SMILES string of the molecule is COc1cc2c([N+](=O)[O-])cccc2c(C2=CCCCC2)c1OC. The molecule has 0 N–H and O–H groups in total. The van der Waals surface area contributed by atoms with Gasteiger partial charge in [0.2, 0.25) is 0 Å². The van der Waals surface area contributed by atoms with Crippen molar-refractivity contribution in [1.29, 1.82) is 0 Å². The van der Waals surface area contributed by atoms with Crippen LogP contribution in [0.5, 0.6) is 11.5 Å². The van der Waals surface area contributed by atoms with Gasteiger partial charge in [0, 0.05) is 17.0 Å². The van der Waals surface area contributed by atoms with Gasteiger partial charge in [-0.15, -0.1) is 0 Å². The first-order valence-electron chi connectivity index (χ1n) is 7.69. The Morgan fingerprint density at radius 3 is 2.57 bits per heavy atom. The number of fused-ring (bicyclic) bond motifs is 1. The van der Waals surface area contributed by atoms with E-state index >= 15 is 0 Å². The molecule has 5 heteroatoms. The van der Waals surface area contributed by atoms with Gasteiger partial charge in [0.25, 0.3) is 5.69 Å². The second kappa shape index (κ2) is 6.28. The number of hydrogen-bond acceptors (Lipinski definition) is 4. The van der Waals surface area contributed by atoms with E-state index in [0.29, 0.717) is 16.9 Å². The normalized spacial score (nSPS) is 14.4. The van der Waals surface area contributed by atoms with Crippen molar-refractivity contribution in [2.24, 2.45) is 0 Å². The van der Waals surface area contributed by atoms with Crippen LogP contribution in [0.25, 0.3) is 16.3 Å². The van der Waals surface area contributed by atoms with Crippen molar-refractivity contribution in [3.63, 3.8) is 0 Å². The highest BCUT2D eigenvalue weighted by atomic mass is 16.6. The molecule has 1 aliphatic carbocycles. The first-order chi connectivity index (χ1) is 11.2. The number of non-ortho nitro benzene ring substituents is 1. The molecule has 0 saturated heterocycles. The van der Waals surface area contributed by atoms with E-state index in [2.05, 4.69) is 6.08 Å². The van der Waals surface area contributed by atoms with Crippen LogP contribution >= 0.6 is 0 Å². The van der Waals surface area contributed by atoms with Crippen LogP contribution in [0.3, 0.4) is 0 Å².